The predicted molar refractivity (Wildman–Crippen MR) is 66.0 cm³/mol. The van der Waals surface area contributed by atoms with Crippen LogP contribution in [0.5, 0.6) is 0 Å². The zero-order valence-electron chi connectivity index (χ0n) is 10.7. The van der Waals surface area contributed by atoms with Gasteiger partial charge in [0.15, 0.2) is 0 Å². The van der Waals surface area contributed by atoms with E-state index in [-0.39, 0.29) is 0 Å². The molecule has 0 aromatic heterocycles. The van der Waals surface area contributed by atoms with Crippen molar-refractivity contribution in [2.75, 3.05) is 33.2 Å². The largest absolute Gasteiger partial charge is 0.329 e. The maximum absolute atomic E-state index is 5.86. The Labute approximate surface area is 94.6 Å². The van der Waals surface area contributed by atoms with Crippen LogP contribution >= 0.6 is 0 Å². The van der Waals surface area contributed by atoms with Gasteiger partial charge in [-0.05, 0) is 26.3 Å². The van der Waals surface area contributed by atoms with Crippen LogP contribution in [0.3, 0.4) is 0 Å². The normalized spacial score (nSPS) is 27.2. The van der Waals surface area contributed by atoms with Crippen molar-refractivity contribution in [2.45, 2.75) is 39.3 Å². The van der Waals surface area contributed by atoms with Gasteiger partial charge in [0.05, 0.1) is 0 Å². The second-order valence-corrected chi connectivity index (χ2v) is 5.37. The summed E-state index contributed by atoms with van der Waals surface area (Å²) in [5, 5.41) is 0. The van der Waals surface area contributed by atoms with E-state index in [4.69, 9.17) is 5.73 Å². The van der Waals surface area contributed by atoms with E-state index in [1.165, 1.54) is 19.5 Å². The molecule has 1 aliphatic rings. The number of likely N-dealkylation sites (N-methyl/N-ethyl adjacent to an activating group) is 1. The van der Waals surface area contributed by atoms with Gasteiger partial charge in [-0.2, -0.15) is 0 Å². The number of rotatable bonds is 4. The number of hydrogen-bond donors (Lipinski definition) is 1. The molecular weight excluding hydrogens is 186 g/mol. The van der Waals surface area contributed by atoms with Crippen molar-refractivity contribution in [3.63, 3.8) is 0 Å². The lowest BCUT2D eigenvalue weighted by molar-refractivity contribution is 0.0548. The number of hydrogen-bond acceptors (Lipinski definition) is 3. The monoisotopic (exact) mass is 213 g/mol. The highest BCUT2D eigenvalue weighted by Crippen LogP contribution is 2.17. The SMILES string of the molecule is CC(C)CC(C)N1CCN(C)CC1CN. The van der Waals surface area contributed by atoms with Crippen molar-refractivity contribution in [1.82, 2.24) is 9.80 Å². The Kier molecular flexibility index (Phi) is 5.03. The molecule has 2 unspecified atom stereocenters. The van der Waals surface area contributed by atoms with E-state index in [0.717, 1.165) is 19.0 Å². The summed E-state index contributed by atoms with van der Waals surface area (Å²) >= 11 is 0. The topological polar surface area (TPSA) is 32.5 Å². The van der Waals surface area contributed by atoms with Crippen molar-refractivity contribution in [2.24, 2.45) is 11.7 Å². The Morgan fingerprint density at radius 2 is 1.93 bits per heavy atom. The molecule has 0 aromatic carbocycles. The Balaban J connectivity index is 2.51. The number of nitrogens with zero attached hydrogens (tertiary/aromatic N) is 2. The van der Waals surface area contributed by atoms with Gasteiger partial charge in [0.1, 0.15) is 0 Å². The summed E-state index contributed by atoms with van der Waals surface area (Å²) in [6, 6.07) is 1.23. The lowest BCUT2D eigenvalue weighted by Crippen LogP contribution is -2.57. The van der Waals surface area contributed by atoms with E-state index in [0.29, 0.717) is 12.1 Å². The number of piperazine rings is 1. The maximum Gasteiger partial charge on any atom is 0.0348 e. The van der Waals surface area contributed by atoms with Crippen LogP contribution in [0, 0.1) is 5.92 Å². The zero-order valence-corrected chi connectivity index (χ0v) is 10.7. The smallest absolute Gasteiger partial charge is 0.0348 e. The van der Waals surface area contributed by atoms with Crippen LogP contribution in [0.4, 0.5) is 0 Å². The summed E-state index contributed by atoms with van der Waals surface area (Å²) < 4.78 is 0. The lowest BCUT2D eigenvalue weighted by atomic mass is 10.0. The van der Waals surface area contributed by atoms with Crippen molar-refractivity contribution < 1.29 is 0 Å². The molecule has 15 heavy (non-hydrogen) atoms. The van der Waals surface area contributed by atoms with Crippen molar-refractivity contribution in [1.29, 1.82) is 0 Å². The van der Waals surface area contributed by atoms with Crippen LogP contribution in [-0.2, 0) is 0 Å². The van der Waals surface area contributed by atoms with E-state index >= 15 is 0 Å². The second kappa shape index (κ2) is 5.83. The van der Waals surface area contributed by atoms with Crippen LogP contribution in [0.2, 0.25) is 0 Å². The third-order valence-electron chi connectivity index (χ3n) is 3.38. The van der Waals surface area contributed by atoms with E-state index in [9.17, 15) is 0 Å². The van der Waals surface area contributed by atoms with E-state index < -0.39 is 0 Å². The molecule has 0 aromatic rings. The predicted octanol–water partition coefficient (Wildman–Crippen LogP) is 0.996. The van der Waals surface area contributed by atoms with Gasteiger partial charge >= 0.3 is 0 Å². The van der Waals surface area contributed by atoms with E-state index in [1.807, 2.05) is 0 Å². The minimum absolute atomic E-state index is 0.553. The summed E-state index contributed by atoms with van der Waals surface area (Å²) in [5.41, 5.74) is 5.86. The molecule has 2 N–H and O–H groups in total. The van der Waals surface area contributed by atoms with Crippen LogP contribution < -0.4 is 5.73 Å². The summed E-state index contributed by atoms with van der Waals surface area (Å²) in [6.07, 6.45) is 1.28. The third-order valence-corrected chi connectivity index (χ3v) is 3.38. The molecule has 1 fully saturated rings. The molecule has 0 bridgehead atoms. The first-order valence-electron chi connectivity index (χ1n) is 6.19. The van der Waals surface area contributed by atoms with E-state index in [2.05, 4.69) is 37.6 Å². The summed E-state index contributed by atoms with van der Waals surface area (Å²) in [5.74, 6) is 0.776. The molecule has 0 saturated carbocycles. The van der Waals surface area contributed by atoms with Gasteiger partial charge in [-0.15, -0.1) is 0 Å². The van der Waals surface area contributed by atoms with E-state index in [1.54, 1.807) is 0 Å². The molecule has 90 valence electrons. The van der Waals surface area contributed by atoms with Crippen LogP contribution in [0.1, 0.15) is 27.2 Å². The Morgan fingerprint density at radius 1 is 1.27 bits per heavy atom. The lowest BCUT2D eigenvalue weighted by Gasteiger charge is -2.43. The first-order chi connectivity index (χ1) is 7.04. The highest BCUT2D eigenvalue weighted by molar-refractivity contribution is 4.85. The van der Waals surface area contributed by atoms with Crippen molar-refractivity contribution >= 4 is 0 Å². The minimum atomic E-state index is 0.553. The van der Waals surface area contributed by atoms with Gasteiger partial charge < -0.3 is 10.6 Å². The second-order valence-electron chi connectivity index (χ2n) is 5.37. The van der Waals surface area contributed by atoms with Gasteiger partial charge in [0.25, 0.3) is 0 Å². The van der Waals surface area contributed by atoms with Gasteiger partial charge in [-0.25, -0.2) is 0 Å². The molecule has 0 aliphatic carbocycles. The molecule has 0 amide bonds. The average molecular weight is 213 g/mol. The summed E-state index contributed by atoms with van der Waals surface area (Å²) in [6.45, 7) is 11.2. The molecule has 2 atom stereocenters. The van der Waals surface area contributed by atoms with Gasteiger partial charge in [-0.3, -0.25) is 4.90 Å². The van der Waals surface area contributed by atoms with Gasteiger partial charge in [0, 0.05) is 38.3 Å². The van der Waals surface area contributed by atoms with Crippen LogP contribution in [0.25, 0.3) is 0 Å². The Bertz CT molecular complexity index is 182. The molecule has 1 saturated heterocycles. The fraction of sp³-hybridized carbons (Fsp3) is 1.00. The Hall–Kier alpha value is -0.120. The first-order valence-corrected chi connectivity index (χ1v) is 6.19. The summed E-state index contributed by atoms with van der Waals surface area (Å²) in [4.78, 5) is 4.98. The van der Waals surface area contributed by atoms with Gasteiger partial charge in [-0.1, -0.05) is 13.8 Å². The van der Waals surface area contributed by atoms with Crippen LogP contribution in [-0.4, -0.2) is 55.1 Å². The molecular formula is C12H27N3. The molecule has 1 rings (SSSR count). The average Bonchev–Trinajstić information content (AvgIpc) is 2.16. The molecule has 0 spiro atoms. The highest BCUT2D eigenvalue weighted by atomic mass is 15.3. The molecule has 3 heteroatoms. The first kappa shape index (κ1) is 12.9. The minimum Gasteiger partial charge on any atom is -0.329 e. The fourth-order valence-corrected chi connectivity index (χ4v) is 2.63. The molecule has 1 aliphatic heterocycles. The fourth-order valence-electron chi connectivity index (χ4n) is 2.63. The van der Waals surface area contributed by atoms with Crippen molar-refractivity contribution in [3.8, 4) is 0 Å². The number of nitrogens with two attached hydrogens (primary N) is 1. The van der Waals surface area contributed by atoms with Crippen molar-refractivity contribution in [3.05, 3.63) is 0 Å². The maximum atomic E-state index is 5.86. The van der Waals surface area contributed by atoms with Gasteiger partial charge in [0.2, 0.25) is 0 Å². The highest BCUT2D eigenvalue weighted by Gasteiger charge is 2.27. The van der Waals surface area contributed by atoms with Crippen LogP contribution in [0.15, 0.2) is 0 Å². The Morgan fingerprint density at radius 3 is 2.47 bits per heavy atom. The molecule has 0 radical (unpaired) electrons. The molecule has 3 nitrogen and oxygen atoms in total. The quantitative estimate of drug-likeness (QED) is 0.756. The zero-order chi connectivity index (χ0) is 11.4. The molecule has 1 heterocycles. The standard InChI is InChI=1S/C12H27N3/c1-10(2)7-11(3)15-6-5-14(4)9-12(15)8-13/h10-12H,5-9,13H2,1-4H3. The third kappa shape index (κ3) is 3.74. The summed E-state index contributed by atoms with van der Waals surface area (Å²) in [7, 11) is 2.19.